The van der Waals surface area contributed by atoms with Crippen molar-refractivity contribution in [3.05, 3.63) is 60.4 Å². The number of rotatable bonds is 4. The van der Waals surface area contributed by atoms with Crippen LogP contribution in [0.3, 0.4) is 0 Å². The Morgan fingerprint density at radius 1 is 1.14 bits per heavy atom. The lowest BCUT2D eigenvalue weighted by Gasteiger charge is -2.06. The van der Waals surface area contributed by atoms with E-state index in [2.05, 4.69) is 10.4 Å². The van der Waals surface area contributed by atoms with Gasteiger partial charge in [0.25, 0.3) is 0 Å². The van der Waals surface area contributed by atoms with E-state index in [0.29, 0.717) is 11.4 Å². The van der Waals surface area contributed by atoms with Gasteiger partial charge in [-0.15, -0.1) is 0 Å². The van der Waals surface area contributed by atoms with Crippen LogP contribution in [0.5, 0.6) is 0 Å². The molecule has 108 valence electrons. The molecular weight excluding hydrogens is 286 g/mol. The highest BCUT2D eigenvalue weighted by molar-refractivity contribution is 7.90. The van der Waals surface area contributed by atoms with Gasteiger partial charge in [0.1, 0.15) is 0 Å². The van der Waals surface area contributed by atoms with Crippen molar-refractivity contribution in [1.29, 1.82) is 0 Å². The summed E-state index contributed by atoms with van der Waals surface area (Å²) in [5, 5.41) is 7.54. The second-order valence-corrected chi connectivity index (χ2v) is 6.87. The van der Waals surface area contributed by atoms with Gasteiger partial charge in [0, 0.05) is 30.2 Å². The summed E-state index contributed by atoms with van der Waals surface area (Å²) in [7, 11) is -3.15. The molecule has 0 fully saturated rings. The first-order valence-electron chi connectivity index (χ1n) is 6.49. The average molecular weight is 301 g/mol. The normalized spacial score (nSPS) is 11.7. The third kappa shape index (κ3) is 2.90. The molecule has 0 amide bonds. The van der Waals surface area contributed by atoms with Crippen LogP contribution in [0.4, 0.5) is 5.69 Å². The first kappa shape index (κ1) is 13.6. The number of nitrogens with one attached hydrogen (secondary N) is 1. The summed E-state index contributed by atoms with van der Waals surface area (Å²) >= 11 is 0. The predicted octanol–water partition coefficient (Wildman–Crippen LogP) is 2.35. The smallest absolute Gasteiger partial charge is 0.175 e. The van der Waals surface area contributed by atoms with E-state index in [4.69, 9.17) is 0 Å². The predicted molar refractivity (Wildman–Crippen MR) is 82.1 cm³/mol. The Balaban J connectivity index is 1.76. The molecule has 0 saturated carbocycles. The number of fused-ring (bicyclic) bond motifs is 1. The van der Waals surface area contributed by atoms with Gasteiger partial charge in [0.15, 0.2) is 9.84 Å². The fourth-order valence-corrected chi connectivity index (χ4v) is 2.77. The molecule has 2 aromatic heterocycles. The van der Waals surface area contributed by atoms with E-state index >= 15 is 0 Å². The first-order chi connectivity index (χ1) is 10.0. The summed E-state index contributed by atoms with van der Waals surface area (Å²) in [6.07, 6.45) is 4.93. The highest BCUT2D eigenvalue weighted by atomic mass is 32.2. The summed E-state index contributed by atoms with van der Waals surface area (Å²) in [5.74, 6) is 0. The number of benzene rings is 1. The van der Waals surface area contributed by atoms with Crippen LogP contribution in [-0.4, -0.2) is 24.3 Å². The number of hydrogen-bond acceptors (Lipinski definition) is 4. The maximum absolute atomic E-state index is 11.4. The zero-order valence-corrected chi connectivity index (χ0v) is 12.3. The quantitative estimate of drug-likeness (QED) is 0.803. The lowest BCUT2D eigenvalue weighted by Crippen LogP contribution is -2.00. The number of aromatic nitrogens is 2. The summed E-state index contributed by atoms with van der Waals surface area (Å²) in [6, 6.07) is 12.7. The standard InChI is InChI=1S/C15H15N3O2S/c1-21(19,20)14-7-5-13(6-8-14)16-10-12-11-17-18-9-3-2-4-15(12)18/h2-9,11,16H,10H2,1H3. The van der Waals surface area contributed by atoms with Crippen LogP contribution in [0.15, 0.2) is 59.8 Å². The Bertz CT molecular complexity index is 867. The Morgan fingerprint density at radius 3 is 2.62 bits per heavy atom. The van der Waals surface area contributed by atoms with Crippen molar-refractivity contribution in [1.82, 2.24) is 9.61 Å². The third-order valence-electron chi connectivity index (χ3n) is 3.27. The highest BCUT2D eigenvalue weighted by Crippen LogP contribution is 2.16. The molecule has 0 unspecified atom stereocenters. The molecule has 0 aliphatic carbocycles. The van der Waals surface area contributed by atoms with Gasteiger partial charge in [-0.3, -0.25) is 0 Å². The van der Waals surface area contributed by atoms with Gasteiger partial charge in [-0.2, -0.15) is 5.10 Å². The Labute approximate surface area is 123 Å². The van der Waals surface area contributed by atoms with E-state index in [9.17, 15) is 8.42 Å². The topological polar surface area (TPSA) is 63.5 Å². The molecule has 0 radical (unpaired) electrons. The van der Waals surface area contributed by atoms with Crippen molar-refractivity contribution < 1.29 is 8.42 Å². The molecular formula is C15H15N3O2S. The largest absolute Gasteiger partial charge is 0.381 e. The Kier molecular flexibility index (Phi) is 3.39. The molecule has 0 aliphatic heterocycles. The monoisotopic (exact) mass is 301 g/mol. The molecule has 6 heteroatoms. The maximum Gasteiger partial charge on any atom is 0.175 e. The molecule has 5 nitrogen and oxygen atoms in total. The lowest BCUT2D eigenvalue weighted by molar-refractivity contribution is 0.602. The number of anilines is 1. The summed E-state index contributed by atoms with van der Waals surface area (Å²) in [4.78, 5) is 0.323. The lowest BCUT2D eigenvalue weighted by atomic mass is 10.2. The molecule has 21 heavy (non-hydrogen) atoms. The van der Waals surface area contributed by atoms with E-state index in [0.717, 1.165) is 16.8 Å². The van der Waals surface area contributed by atoms with Gasteiger partial charge in [-0.05, 0) is 36.4 Å². The van der Waals surface area contributed by atoms with Crippen molar-refractivity contribution >= 4 is 21.0 Å². The minimum absolute atomic E-state index is 0.323. The fourth-order valence-electron chi connectivity index (χ4n) is 2.14. The fraction of sp³-hybridized carbons (Fsp3) is 0.133. The average Bonchev–Trinajstić information content (AvgIpc) is 2.88. The summed E-state index contributed by atoms with van der Waals surface area (Å²) in [6.45, 7) is 0.631. The molecule has 2 heterocycles. The molecule has 3 rings (SSSR count). The SMILES string of the molecule is CS(=O)(=O)c1ccc(NCc2cnn3ccccc23)cc1. The van der Waals surface area contributed by atoms with Crippen molar-refractivity contribution in [2.45, 2.75) is 11.4 Å². The molecule has 0 aliphatic rings. The number of pyridine rings is 1. The van der Waals surface area contributed by atoms with E-state index < -0.39 is 9.84 Å². The van der Waals surface area contributed by atoms with Gasteiger partial charge >= 0.3 is 0 Å². The van der Waals surface area contributed by atoms with Crippen LogP contribution in [0.2, 0.25) is 0 Å². The Hall–Kier alpha value is -2.34. The van der Waals surface area contributed by atoms with Crippen LogP contribution in [-0.2, 0) is 16.4 Å². The van der Waals surface area contributed by atoms with Gasteiger partial charge < -0.3 is 5.32 Å². The first-order valence-corrected chi connectivity index (χ1v) is 8.38. The second-order valence-electron chi connectivity index (χ2n) is 4.85. The van der Waals surface area contributed by atoms with Crippen LogP contribution < -0.4 is 5.32 Å². The number of nitrogens with zero attached hydrogens (tertiary/aromatic N) is 2. The third-order valence-corrected chi connectivity index (χ3v) is 4.40. The van der Waals surface area contributed by atoms with Crippen LogP contribution >= 0.6 is 0 Å². The van der Waals surface area contributed by atoms with Crippen molar-refractivity contribution in [3.8, 4) is 0 Å². The van der Waals surface area contributed by atoms with Crippen LogP contribution in [0.25, 0.3) is 5.52 Å². The molecule has 1 aromatic carbocycles. The minimum atomic E-state index is -3.15. The zero-order chi connectivity index (χ0) is 14.9. The van der Waals surface area contributed by atoms with Crippen LogP contribution in [0.1, 0.15) is 5.56 Å². The summed E-state index contributed by atoms with van der Waals surface area (Å²) < 4.78 is 24.6. The van der Waals surface area contributed by atoms with Crippen molar-refractivity contribution in [2.75, 3.05) is 11.6 Å². The van der Waals surface area contributed by atoms with E-state index in [1.54, 1.807) is 24.3 Å². The van der Waals surface area contributed by atoms with E-state index in [1.165, 1.54) is 6.26 Å². The van der Waals surface area contributed by atoms with Gasteiger partial charge in [-0.1, -0.05) is 6.07 Å². The van der Waals surface area contributed by atoms with Gasteiger partial charge in [0.2, 0.25) is 0 Å². The van der Waals surface area contributed by atoms with E-state index in [-0.39, 0.29) is 0 Å². The highest BCUT2D eigenvalue weighted by Gasteiger charge is 2.06. The molecule has 0 spiro atoms. The van der Waals surface area contributed by atoms with Crippen molar-refractivity contribution in [3.63, 3.8) is 0 Å². The van der Waals surface area contributed by atoms with E-state index in [1.807, 2.05) is 35.1 Å². The minimum Gasteiger partial charge on any atom is -0.381 e. The molecule has 3 aromatic rings. The molecule has 0 bridgehead atoms. The molecule has 0 saturated heterocycles. The van der Waals surface area contributed by atoms with Crippen LogP contribution in [0, 0.1) is 0 Å². The Morgan fingerprint density at radius 2 is 1.90 bits per heavy atom. The summed E-state index contributed by atoms with van der Waals surface area (Å²) in [5.41, 5.74) is 3.01. The molecule has 1 N–H and O–H groups in total. The van der Waals surface area contributed by atoms with Gasteiger partial charge in [0.05, 0.1) is 16.6 Å². The number of sulfone groups is 1. The number of hydrogen-bond donors (Lipinski definition) is 1. The maximum atomic E-state index is 11.4. The molecule has 0 atom stereocenters. The second kappa shape index (κ2) is 5.21. The van der Waals surface area contributed by atoms with Crippen molar-refractivity contribution in [2.24, 2.45) is 0 Å². The van der Waals surface area contributed by atoms with Gasteiger partial charge in [-0.25, -0.2) is 12.9 Å². The zero-order valence-electron chi connectivity index (χ0n) is 11.5.